The van der Waals surface area contributed by atoms with Crippen LogP contribution in [0.2, 0.25) is 0 Å². The number of guanidine groups is 1. The number of aliphatic imine (C=N–C) groups is 1. The van der Waals surface area contributed by atoms with Gasteiger partial charge in [0.05, 0.1) is 30.7 Å². The quantitative estimate of drug-likeness (QED) is 0.505. The fourth-order valence-electron chi connectivity index (χ4n) is 2.90. The number of nitriles is 1. The van der Waals surface area contributed by atoms with Gasteiger partial charge in [0.25, 0.3) is 0 Å². The molecular formula is C19H26N4O2. The summed E-state index contributed by atoms with van der Waals surface area (Å²) in [5, 5.41) is 12.2. The van der Waals surface area contributed by atoms with Gasteiger partial charge in [0.2, 0.25) is 0 Å². The van der Waals surface area contributed by atoms with Crippen molar-refractivity contribution in [2.24, 2.45) is 10.9 Å². The van der Waals surface area contributed by atoms with Crippen molar-refractivity contribution in [1.29, 1.82) is 5.26 Å². The van der Waals surface area contributed by atoms with Gasteiger partial charge in [-0.2, -0.15) is 5.26 Å². The number of carbonyl (C=O) groups excluding carboxylic acids is 1. The molecule has 0 spiro atoms. The predicted octanol–water partition coefficient (Wildman–Crippen LogP) is 2.30. The first-order valence-corrected chi connectivity index (χ1v) is 8.86. The molecule has 0 aliphatic carbocycles. The van der Waals surface area contributed by atoms with E-state index >= 15 is 0 Å². The molecule has 1 atom stereocenters. The second-order valence-corrected chi connectivity index (χ2v) is 6.02. The summed E-state index contributed by atoms with van der Waals surface area (Å²) in [6.45, 7) is 7.11. The number of esters is 1. The molecule has 6 nitrogen and oxygen atoms in total. The van der Waals surface area contributed by atoms with E-state index in [2.05, 4.69) is 16.3 Å². The van der Waals surface area contributed by atoms with Crippen LogP contribution in [0.15, 0.2) is 29.3 Å². The molecule has 6 heteroatoms. The summed E-state index contributed by atoms with van der Waals surface area (Å²) in [5.41, 5.74) is 1.70. The van der Waals surface area contributed by atoms with Gasteiger partial charge in [0.15, 0.2) is 5.96 Å². The summed E-state index contributed by atoms with van der Waals surface area (Å²) in [7, 11) is 0. The standard InChI is InChI=1S/C19H26N4O2/c1-3-21-19(22-13-16-9-7-15(12-20)8-10-16)23-11-5-6-17(14-23)18(24)25-4-2/h7-10,17H,3-6,11,13-14H2,1-2H3,(H,21,22). The Morgan fingerprint density at radius 3 is 2.80 bits per heavy atom. The van der Waals surface area contributed by atoms with E-state index in [4.69, 9.17) is 15.0 Å². The molecule has 2 rings (SSSR count). The number of piperidine rings is 1. The summed E-state index contributed by atoms with van der Waals surface area (Å²) in [6.07, 6.45) is 1.81. The van der Waals surface area contributed by atoms with E-state index in [0.29, 0.717) is 25.3 Å². The Balaban J connectivity index is 2.04. The van der Waals surface area contributed by atoms with Gasteiger partial charge >= 0.3 is 5.97 Å². The molecule has 1 heterocycles. The van der Waals surface area contributed by atoms with E-state index in [1.165, 1.54) is 0 Å². The minimum absolute atomic E-state index is 0.0903. The van der Waals surface area contributed by atoms with Crippen LogP contribution in [-0.4, -0.2) is 43.1 Å². The highest BCUT2D eigenvalue weighted by Gasteiger charge is 2.28. The third-order valence-electron chi connectivity index (χ3n) is 4.17. The van der Waals surface area contributed by atoms with Crippen molar-refractivity contribution in [2.75, 3.05) is 26.2 Å². The molecule has 1 saturated heterocycles. The van der Waals surface area contributed by atoms with Gasteiger partial charge in [0.1, 0.15) is 0 Å². The molecule has 1 fully saturated rings. The average Bonchev–Trinajstić information content (AvgIpc) is 2.66. The van der Waals surface area contributed by atoms with Crippen molar-refractivity contribution in [1.82, 2.24) is 10.2 Å². The second-order valence-electron chi connectivity index (χ2n) is 6.02. The van der Waals surface area contributed by atoms with Gasteiger partial charge in [-0.25, -0.2) is 4.99 Å². The van der Waals surface area contributed by atoms with Crippen molar-refractivity contribution >= 4 is 11.9 Å². The Bertz CT molecular complexity index is 634. The predicted molar refractivity (Wildman–Crippen MR) is 96.9 cm³/mol. The minimum atomic E-state index is -0.116. The van der Waals surface area contributed by atoms with Gasteiger partial charge in [-0.15, -0.1) is 0 Å². The van der Waals surface area contributed by atoms with E-state index in [-0.39, 0.29) is 11.9 Å². The molecule has 1 unspecified atom stereocenters. The van der Waals surface area contributed by atoms with E-state index < -0.39 is 0 Å². The summed E-state index contributed by atoms with van der Waals surface area (Å²) >= 11 is 0. The lowest BCUT2D eigenvalue weighted by molar-refractivity contribution is -0.149. The van der Waals surface area contributed by atoms with Crippen LogP contribution in [0.3, 0.4) is 0 Å². The molecule has 0 saturated carbocycles. The molecule has 1 N–H and O–H groups in total. The third-order valence-corrected chi connectivity index (χ3v) is 4.17. The molecule has 1 aromatic carbocycles. The summed E-state index contributed by atoms with van der Waals surface area (Å²) in [5.74, 6) is 0.614. The lowest BCUT2D eigenvalue weighted by atomic mass is 9.98. The molecule has 0 radical (unpaired) electrons. The lowest BCUT2D eigenvalue weighted by Crippen LogP contribution is -2.48. The number of hydrogen-bond donors (Lipinski definition) is 1. The molecule has 1 aliphatic rings. The number of hydrogen-bond acceptors (Lipinski definition) is 4. The highest BCUT2D eigenvalue weighted by atomic mass is 16.5. The largest absolute Gasteiger partial charge is 0.466 e. The smallest absolute Gasteiger partial charge is 0.310 e. The fraction of sp³-hybridized carbons (Fsp3) is 0.526. The van der Waals surface area contributed by atoms with Gasteiger partial charge in [0, 0.05) is 19.6 Å². The minimum Gasteiger partial charge on any atom is -0.466 e. The van der Waals surface area contributed by atoms with Crippen LogP contribution in [0.4, 0.5) is 0 Å². The fourth-order valence-corrected chi connectivity index (χ4v) is 2.90. The van der Waals surface area contributed by atoms with Crippen molar-refractivity contribution < 1.29 is 9.53 Å². The van der Waals surface area contributed by atoms with Crippen molar-refractivity contribution in [2.45, 2.75) is 33.2 Å². The maximum Gasteiger partial charge on any atom is 0.310 e. The van der Waals surface area contributed by atoms with Crippen molar-refractivity contribution in [3.8, 4) is 6.07 Å². The zero-order chi connectivity index (χ0) is 18.1. The Morgan fingerprint density at radius 1 is 1.40 bits per heavy atom. The molecule has 0 bridgehead atoms. The number of likely N-dealkylation sites (tertiary alicyclic amines) is 1. The van der Waals surface area contributed by atoms with Crippen LogP contribution in [0, 0.1) is 17.2 Å². The number of carbonyl (C=O) groups is 1. The number of benzene rings is 1. The second kappa shape index (κ2) is 9.67. The molecule has 0 amide bonds. The molecule has 134 valence electrons. The van der Waals surface area contributed by atoms with Crippen LogP contribution in [-0.2, 0) is 16.1 Å². The molecule has 1 aromatic rings. The number of nitrogens with one attached hydrogen (secondary N) is 1. The third kappa shape index (κ3) is 5.49. The van der Waals surface area contributed by atoms with Crippen LogP contribution >= 0.6 is 0 Å². The first-order valence-electron chi connectivity index (χ1n) is 8.86. The monoisotopic (exact) mass is 342 g/mol. The van der Waals surface area contributed by atoms with Crippen molar-refractivity contribution in [3.63, 3.8) is 0 Å². The maximum absolute atomic E-state index is 12.0. The van der Waals surface area contributed by atoms with Crippen LogP contribution in [0.5, 0.6) is 0 Å². The normalized spacial score (nSPS) is 17.7. The molecule has 0 aromatic heterocycles. The van der Waals surface area contributed by atoms with Crippen LogP contribution in [0.25, 0.3) is 0 Å². The van der Waals surface area contributed by atoms with Crippen molar-refractivity contribution in [3.05, 3.63) is 35.4 Å². The molecule has 1 aliphatic heterocycles. The van der Waals surface area contributed by atoms with E-state index in [9.17, 15) is 4.79 Å². The molecule has 25 heavy (non-hydrogen) atoms. The van der Waals surface area contributed by atoms with Crippen LogP contribution < -0.4 is 5.32 Å². The van der Waals surface area contributed by atoms with Gasteiger partial charge < -0.3 is 15.0 Å². The Labute approximate surface area is 149 Å². The Hall–Kier alpha value is -2.55. The average molecular weight is 342 g/mol. The van der Waals surface area contributed by atoms with Gasteiger partial charge in [-0.1, -0.05) is 12.1 Å². The zero-order valence-electron chi connectivity index (χ0n) is 15.0. The Morgan fingerprint density at radius 2 is 2.16 bits per heavy atom. The van der Waals surface area contributed by atoms with E-state index in [1.54, 1.807) is 12.1 Å². The first kappa shape index (κ1) is 18.8. The van der Waals surface area contributed by atoms with Crippen LogP contribution in [0.1, 0.15) is 37.8 Å². The van der Waals surface area contributed by atoms with E-state index in [0.717, 1.165) is 37.5 Å². The lowest BCUT2D eigenvalue weighted by Gasteiger charge is -2.34. The summed E-state index contributed by atoms with van der Waals surface area (Å²) in [6, 6.07) is 9.56. The van der Waals surface area contributed by atoms with E-state index in [1.807, 2.05) is 26.0 Å². The first-order chi connectivity index (χ1) is 12.2. The summed E-state index contributed by atoms with van der Waals surface area (Å²) in [4.78, 5) is 18.9. The number of rotatable bonds is 5. The maximum atomic E-state index is 12.0. The summed E-state index contributed by atoms with van der Waals surface area (Å²) < 4.78 is 5.17. The molecular weight excluding hydrogens is 316 g/mol. The number of ether oxygens (including phenoxy) is 1. The van der Waals surface area contributed by atoms with Gasteiger partial charge in [-0.05, 0) is 44.4 Å². The number of nitrogens with zero attached hydrogens (tertiary/aromatic N) is 3. The highest BCUT2D eigenvalue weighted by Crippen LogP contribution is 2.18. The van der Waals surface area contributed by atoms with Gasteiger partial charge in [-0.3, -0.25) is 4.79 Å². The Kier molecular flexibility index (Phi) is 7.27. The SMILES string of the molecule is CCNC(=NCc1ccc(C#N)cc1)N1CCCC(C(=O)OCC)C1. The highest BCUT2D eigenvalue weighted by molar-refractivity contribution is 5.81. The zero-order valence-corrected chi connectivity index (χ0v) is 15.0. The topological polar surface area (TPSA) is 77.7 Å².